The van der Waals surface area contributed by atoms with Crippen LogP contribution in [0.5, 0.6) is 0 Å². The molecule has 1 aromatic heterocycles. The van der Waals surface area contributed by atoms with Crippen molar-refractivity contribution < 1.29 is 13.5 Å². The molecule has 1 atom stereocenters. The number of aromatic nitrogens is 2. The fourth-order valence-electron chi connectivity index (χ4n) is 1.40. The SMILES string of the molecule is FC(F)c1ccn(C2CCOC2)n1. The molecule has 1 aliphatic heterocycles. The highest BCUT2D eigenvalue weighted by Crippen LogP contribution is 2.21. The average Bonchev–Trinajstić information content (AvgIpc) is 2.75. The van der Waals surface area contributed by atoms with Gasteiger partial charge in [0, 0.05) is 12.8 Å². The first-order valence-corrected chi connectivity index (χ1v) is 4.18. The van der Waals surface area contributed by atoms with Crippen molar-refractivity contribution >= 4 is 0 Å². The van der Waals surface area contributed by atoms with E-state index in [2.05, 4.69) is 5.10 Å². The number of alkyl halides is 2. The molecule has 13 heavy (non-hydrogen) atoms. The molecule has 0 N–H and O–H groups in total. The quantitative estimate of drug-likeness (QED) is 0.707. The zero-order valence-electron chi connectivity index (χ0n) is 6.99. The molecule has 0 spiro atoms. The third-order valence-corrected chi connectivity index (χ3v) is 2.13. The van der Waals surface area contributed by atoms with Crippen LogP contribution < -0.4 is 0 Å². The second-order valence-corrected chi connectivity index (χ2v) is 3.04. The molecule has 72 valence electrons. The van der Waals surface area contributed by atoms with E-state index < -0.39 is 6.43 Å². The van der Waals surface area contributed by atoms with E-state index in [-0.39, 0.29) is 11.7 Å². The van der Waals surface area contributed by atoms with Crippen LogP contribution in [0, 0.1) is 0 Å². The Kier molecular flexibility index (Phi) is 2.26. The number of halogens is 2. The first kappa shape index (κ1) is 8.62. The molecule has 0 saturated carbocycles. The molecule has 1 aromatic rings. The van der Waals surface area contributed by atoms with Crippen LogP contribution in [0.15, 0.2) is 12.3 Å². The maximum absolute atomic E-state index is 12.2. The number of ether oxygens (including phenoxy) is 1. The summed E-state index contributed by atoms with van der Waals surface area (Å²) in [6, 6.07) is 1.48. The molecule has 2 rings (SSSR count). The van der Waals surface area contributed by atoms with Crippen molar-refractivity contribution in [2.24, 2.45) is 0 Å². The Morgan fingerprint density at radius 1 is 1.62 bits per heavy atom. The fourth-order valence-corrected chi connectivity index (χ4v) is 1.40. The van der Waals surface area contributed by atoms with Crippen LogP contribution >= 0.6 is 0 Å². The van der Waals surface area contributed by atoms with Crippen molar-refractivity contribution in [3.63, 3.8) is 0 Å². The van der Waals surface area contributed by atoms with Crippen molar-refractivity contribution in [2.45, 2.75) is 18.9 Å². The van der Waals surface area contributed by atoms with E-state index in [1.54, 1.807) is 10.9 Å². The van der Waals surface area contributed by atoms with Gasteiger partial charge in [0.05, 0.1) is 12.6 Å². The van der Waals surface area contributed by atoms with Gasteiger partial charge in [0.25, 0.3) is 6.43 Å². The number of hydrogen-bond acceptors (Lipinski definition) is 2. The zero-order chi connectivity index (χ0) is 9.26. The Balaban J connectivity index is 2.12. The van der Waals surface area contributed by atoms with Gasteiger partial charge in [0.1, 0.15) is 5.69 Å². The smallest absolute Gasteiger partial charge is 0.282 e. The van der Waals surface area contributed by atoms with Crippen molar-refractivity contribution in [3.8, 4) is 0 Å². The van der Waals surface area contributed by atoms with Crippen LogP contribution in [0.25, 0.3) is 0 Å². The Bertz CT molecular complexity index is 281. The van der Waals surface area contributed by atoms with E-state index in [1.165, 1.54) is 6.07 Å². The van der Waals surface area contributed by atoms with Crippen molar-refractivity contribution in [2.75, 3.05) is 13.2 Å². The minimum atomic E-state index is -2.48. The highest BCUT2D eigenvalue weighted by molar-refractivity contribution is 5.01. The molecule has 0 aliphatic carbocycles. The van der Waals surface area contributed by atoms with Crippen LogP contribution in [0.2, 0.25) is 0 Å². The second kappa shape index (κ2) is 3.41. The van der Waals surface area contributed by atoms with Gasteiger partial charge < -0.3 is 4.74 Å². The first-order chi connectivity index (χ1) is 6.27. The summed E-state index contributed by atoms with van der Waals surface area (Å²) in [4.78, 5) is 0. The molecule has 0 aromatic carbocycles. The Morgan fingerprint density at radius 3 is 3.00 bits per heavy atom. The fraction of sp³-hybridized carbons (Fsp3) is 0.625. The molecule has 1 saturated heterocycles. The Labute approximate surface area is 74.3 Å². The minimum Gasteiger partial charge on any atom is -0.379 e. The highest BCUT2D eigenvalue weighted by Gasteiger charge is 2.19. The van der Waals surface area contributed by atoms with Crippen LogP contribution in [0.1, 0.15) is 24.6 Å². The van der Waals surface area contributed by atoms with Crippen molar-refractivity contribution in [3.05, 3.63) is 18.0 Å². The van der Waals surface area contributed by atoms with Crippen molar-refractivity contribution in [1.82, 2.24) is 9.78 Å². The number of hydrogen-bond donors (Lipinski definition) is 0. The van der Waals surface area contributed by atoms with Crippen LogP contribution in [-0.2, 0) is 4.74 Å². The van der Waals surface area contributed by atoms with E-state index in [0.29, 0.717) is 13.2 Å². The molecule has 0 amide bonds. The maximum Gasteiger partial charge on any atom is 0.282 e. The summed E-state index contributed by atoms with van der Waals surface area (Å²) >= 11 is 0. The molecule has 0 bridgehead atoms. The molecule has 5 heteroatoms. The van der Waals surface area contributed by atoms with Gasteiger partial charge >= 0.3 is 0 Å². The summed E-state index contributed by atoms with van der Waals surface area (Å²) in [5.74, 6) is 0. The van der Waals surface area contributed by atoms with Gasteiger partial charge in [-0.15, -0.1) is 0 Å². The molecule has 0 radical (unpaired) electrons. The largest absolute Gasteiger partial charge is 0.379 e. The molecule has 2 heterocycles. The maximum atomic E-state index is 12.2. The summed E-state index contributed by atoms with van der Waals surface area (Å²) in [6.07, 6.45) is -0.0471. The monoisotopic (exact) mass is 188 g/mol. The third kappa shape index (κ3) is 1.70. The summed E-state index contributed by atoms with van der Waals surface area (Å²) in [5, 5.41) is 3.78. The van der Waals surface area contributed by atoms with E-state index in [9.17, 15) is 8.78 Å². The van der Waals surface area contributed by atoms with Gasteiger partial charge in [-0.1, -0.05) is 0 Å². The highest BCUT2D eigenvalue weighted by atomic mass is 19.3. The summed E-state index contributed by atoms with van der Waals surface area (Å²) < 4.78 is 31.0. The predicted molar refractivity (Wildman–Crippen MR) is 41.7 cm³/mol. The second-order valence-electron chi connectivity index (χ2n) is 3.04. The summed E-state index contributed by atoms with van der Waals surface area (Å²) in [7, 11) is 0. The normalized spacial score (nSPS) is 22.8. The molecule has 1 unspecified atom stereocenters. The zero-order valence-corrected chi connectivity index (χ0v) is 6.99. The lowest BCUT2D eigenvalue weighted by molar-refractivity contribution is 0.143. The standard InChI is InChI=1S/C8H10F2N2O/c9-8(10)7-1-3-12(11-7)6-2-4-13-5-6/h1,3,6,8H,2,4-5H2. The molecular weight excluding hydrogens is 178 g/mol. The Hall–Kier alpha value is -0.970. The van der Waals surface area contributed by atoms with Crippen LogP contribution in [0.4, 0.5) is 8.78 Å². The van der Waals surface area contributed by atoms with Crippen LogP contribution in [-0.4, -0.2) is 23.0 Å². The van der Waals surface area contributed by atoms with Gasteiger partial charge in [0.15, 0.2) is 0 Å². The van der Waals surface area contributed by atoms with E-state index in [1.807, 2.05) is 0 Å². The van der Waals surface area contributed by atoms with Gasteiger partial charge in [-0.05, 0) is 12.5 Å². The lowest BCUT2D eigenvalue weighted by Gasteiger charge is -2.06. The van der Waals surface area contributed by atoms with Crippen molar-refractivity contribution in [1.29, 1.82) is 0 Å². The predicted octanol–water partition coefficient (Wildman–Crippen LogP) is 1.78. The topological polar surface area (TPSA) is 27.1 Å². The van der Waals surface area contributed by atoms with E-state index in [4.69, 9.17) is 4.74 Å². The van der Waals surface area contributed by atoms with E-state index >= 15 is 0 Å². The number of nitrogens with zero attached hydrogens (tertiary/aromatic N) is 2. The minimum absolute atomic E-state index is 0.132. The van der Waals surface area contributed by atoms with E-state index in [0.717, 1.165) is 6.42 Å². The number of rotatable bonds is 2. The van der Waals surface area contributed by atoms with Gasteiger partial charge in [0.2, 0.25) is 0 Å². The lowest BCUT2D eigenvalue weighted by Crippen LogP contribution is -2.09. The van der Waals surface area contributed by atoms with Crippen LogP contribution in [0.3, 0.4) is 0 Å². The molecule has 1 aliphatic rings. The molecule has 3 nitrogen and oxygen atoms in total. The van der Waals surface area contributed by atoms with Gasteiger partial charge in [-0.3, -0.25) is 4.68 Å². The summed E-state index contributed by atoms with van der Waals surface area (Å²) in [5.41, 5.74) is -0.160. The lowest BCUT2D eigenvalue weighted by atomic mass is 10.3. The van der Waals surface area contributed by atoms with Gasteiger partial charge in [-0.2, -0.15) is 5.10 Å². The Morgan fingerprint density at radius 2 is 2.46 bits per heavy atom. The average molecular weight is 188 g/mol. The third-order valence-electron chi connectivity index (χ3n) is 2.13. The van der Waals surface area contributed by atoms with Gasteiger partial charge in [-0.25, -0.2) is 8.78 Å². The molecule has 1 fully saturated rings. The first-order valence-electron chi connectivity index (χ1n) is 4.18. The summed E-state index contributed by atoms with van der Waals surface area (Å²) in [6.45, 7) is 1.26. The molecular formula is C8H10F2N2O.